The highest BCUT2D eigenvalue weighted by Crippen LogP contribution is 2.61. The SMILES string of the molecule is CC1(C)C2CC=C(c3nc4ccccn4c3NC3CCCCC3)C1C2. The second-order valence-electron chi connectivity index (χ2n) is 8.92. The maximum absolute atomic E-state index is 5.07. The molecule has 2 saturated carbocycles. The van der Waals surface area contributed by atoms with E-state index in [0.717, 1.165) is 11.6 Å². The van der Waals surface area contributed by atoms with Gasteiger partial charge in [0.1, 0.15) is 17.2 Å². The van der Waals surface area contributed by atoms with Crippen LogP contribution in [0.1, 0.15) is 64.5 Å². The summed E-state index contributed by atoms with van der Waals surface area (Å²) in [5, 5.41) is 3.89. The fraction of sp³-hybridized carbons (Fsp3) is 0.591. The number of aromatic nitrogens is 2. The summed E-state index contributed by atoms with van der Waals surface area (Å²) in [6, 6.07) is 6.94. The van der Waals surface area contributed by atoms with Crippen LogP contribution in [0.5, 0.6) is 0 Å². The molecule has 6 rings (SSSR count). The van der Waals surface area contributed by atoms with Crippen molar-refractivity contribution in [3.8, 4) is 0 Å². The van der Waals surface area contributed by atoms with E-state index in [4.69, 9.17) is 4.98 Å². The molecule has 132 valence electrons. The molecule has 3 heteroatoms. The van der Waals surface area contributed by atoms with E-state index in [2.05, 4.69) is 54.0 Å². The minimum Gasteiger partial charge on any atom is -0.367 e. The third kappa shape index (κ3) is 2.35. The lowest BCUT2D eigenvalue weighted by Gasteiger charge is -2.56. The molecule has 0 amide bonds. The number of nitrogens with zero attached hydrogens (tertiary/aromatic N) is 2. The Morgan fingerprint density at radius 2 is 2.00 bits per heavy atom. The number of pyridine rings is 1. The highest BCUT2D eigenvalue weighted by atomic mass is 15.1. The van der Waals surface area contributed by atoms with E-state index >= 15 is 0 Å². The lowest BCUT2D eigenvalue weighted by atomic mass is 9.48. The predicted molar refractivity (Wildman–Crippen MR) is 104 cm³/mol. The summed E-state index contributed by atoms with van der Waals surface area (Å²) in [7, 11) is 0. The van der Waals surface area contributed by atoms with Crippen LogP contribution in [-0.4, -0.2) is 15.4 Å². The van der Waals surface area contributed by atoms with Gasteiger partial charge in [0.05, 0.1) is 0 Å². The number of imidazole rings is 1. The first-order valence-electron chi connectivity index (χ1n) is 10.1. The molecular weight excluding hydrogens is 306 g/mol. The van der Waals surface area contributed by atoms with Crippen molar-refractivity contribution in [1.29, 1.82) is 0 Å². The molecule has 2 bridgehead atoms. The number of nitrogens with one attached hydrogen (secondary N) is 1. The van der Waals surface area contributed by atoms with E-state index in [9.17, 15) is 0 Å². The zero-order chi connectivity index (χ0) is 17.0. The lowest BCUT2D eigenvalue weighted by Crippen LogP contribution is -2.47. The van der Waals surface area contributed by atoms with Crippen LogP contribution in [0.3, 0.4) is 0 Å². The molecule has 0 aromatic carbocycles. The van der Waals surface area contributed by atoms with E-state index in [0.29, 0.717) is 17.4 Å². The molecule has 0 saturated heterocycles. The molecular formula is C22H29N3. The van der Waals surface area contributed by atoms with Crippen LogP contribution in [0.4, 0.5) is 5.82 Å². The highest BCUT2D eigenvalue weighted by molar-refractivity contribution is 5.78. The van der Waals surface area contributed by atoms with Crippen molar-refractivity contribution in [2.24, 2.45) is 17.3 Å². The van der Waals surface area contributed by atoms with Crippen molar-refractivity contribution in [1.82, 2.24) is 9.38 Å². The average molecular weight is 335 g/mol. The van der Waals surface area contributed by atoms with Gasteiger partial charge in [-0.25, -0.2) is 4.98 Å². The second kappa shape index (κ2) is 5.62. The van der Waals surface area contributed by atoms with Crippen LogP contribution >= 0.6 is 0 Å². The van der Waals surface area contributed by atoms with Crippen LogP contribution in [-0.2, 0) is 0 Å². The number of hydrogen-bond acceptors (Lipinski definition) is 2. The summed E-state index contributed by atoms with van der Waals surface area (Å²) >= 11 is 0. The predicted octanol–water partition coefficient (Wildman–Crippen LogP) is 5.53. The van der Waals surface area contributed by atoms with Gasteiger partial charge in [-0.05, 0) is 60.6 Å². The molecule has 1 N–H and O–H groups in total. The summed E-state index contributed by atoms with van der Waals surface area (Å²) < 4.78 is 2.27. The van der Waals surface area contributed by atoms with E-state index < -0.39 is 0 Å². The Kier molecular flexibility index (Phi) is 3.48. The Bertz CT molecular complexity index is 823. The van der Waals surface area contributed by atoms with Crippen molar-refractivity contribution < 1.29 is 0 Å². The van der Waals surface area contributed by atoms with Gasteiger partial charge in [-0.2, -0.15) is 0 Å². The molecule has 2 fully saturated rings. The van der Waals surface area contributed by atoms with Gasteiger partial charge < -0.3 is 5.32 Å². The molecule has 3 nitrogen and oxygen atoms in total. The fourth-order valence-corrected chi connectivity index (χ4v) is 5.39. The van der Waals surface area contributed by atoms with Gasteiger partial charge >= 0.3 is 0 Å². The number of hydrogen-bond donors (Lipinski definition) is 1. The highest BCUT2D eigenvalue weighted by Gasteiger charge is 2.52. The van der Waals surface area contributed by atoms with Crippen molar-refractivity contribution in [2.75, 3.05) is 5.32 Å². The van der Waals surface area contributed by atoms with Gasteiger partial charge in [0.15, 0.2) is 0 Å². The molecule has 25 heavy (non-hydrogen) atoms. The molecule has 2 aromatic heterocycles. The van der Waals surface area contributed by atoms with Crippen LogP contribution < -0.4 is 5.32 Å². The van der Waals surface area contributed by atoms with Crippen LogP contribution in [0.15, 0.2) is 30.5 Å². The summed E-state index contributed by atoms with van der Waals surface area (Å²) in [6.45, 7) is 4.89. The molecule has 2 heterocycles. The molecule has 2 atom stereocenters. The standard InChI is InChI=1S/C22H29N3/c1-22(2)15-11-12-17(18(22)14-15)20-21(23-16-8-4-3-5-9-16)25-13-7-6-10-19(25)24-20/h6-7,10,12-13,15-16,18,23H,3-5,8-9,11,14H2,1-2H3. The Hall–Kier alpha value is -1.77. The molecule has 2 aromatic rings. The summed E-state index contributed by atoms with van der Waals surface area (Å²) in [6.07, 6.45) is 13.9. The summed E-state index contributed by atoms with van der Waals surface area (Å²) in [5.41, 5.74) is 4.21. The monoisotopic (exact) mass is 335 g/mol. The quantitative estimate of drug-likeness (QED) is 0.799. The van der Waals surface area contributed by atoms with Gasteiger partial charge in [0.25, 0.3) is 0 Å². The van der Waals surface area contributed by atoms with Gasteiger partial charge in [-0.3, -0.25) is 4.40 Å². The fourth-order valence-electron chi connectivity index (χ4n) is 5.39. The van der Waals surface area contributed by atoms with Crippen LogP contribution in [0.2, 0.25) is 0 Å². The molecule has 2 unspecified atom stereocenters. The van der Waals surface area contributed by atoms with Crippen LogP contribution in [0.25, 0.3) is 11.2 Å². The minimum absolute atomic E-state index is 0.433. The van der Waals surface area contributed by atoms with Crippen molar-refractivity contribution >= 4 is 17.0 Å². The topological polar surface area (TPSA) is 29.3 Å². The first-order valence-corrected chi connectivity index (χ1v) is 10.1. The molecule has 0 spiro atoms. The zero-order valence-corrected chi connectivity index (χ0v) is 15.5. The molecule has 0 aliphatic heterocycles. The third-order valence-corrected chi connectivity index (χ3v) is 7.22. The third-order valence-electron chi connectivity index (χ3n) is 7.22. The van der Waals surface area contributed by atoms with Gasteiger partial charge in [-0.15, -0.1) is 0 Å². The first kappa shape index (κ1) is 15.5. The number of allylic oxidation sites excluding steroid dienone is 2. The Labute approximate surface area is 150 Å². The van der Waals surface area contributed by atoms with E-state index in [-0.39, 0.29) is 0 Å². The number of fused-ring (bicyclic) bond motifs is 2. The normalized spacial score (nSPS) is 28.5. The minimum atomic E-state index is 0.433. The Morgan fingerprint density at radius 3 is 2.76 bits per heavy atom. The molecule has 4 aliphatic rings. The average Bonchev–Trinajstić information content (AvgIpc) is 3.01. The van der Waals surface area contributed by atoms with Crippen LogP contribution in [0, 0.1) is 17.3 Å². The molecule has 0 radical (unpaired) electrons. The summed E-state index contributed by atoms with van der Waals surface area (Å²) in [5.74, 6) is 2.77. The Morgan fingerprint density at radius 1 is 1.16 bits per heavy atom. The maximum atomic E-state index is 5.07. The van der Waals surface area contributed by atoms with Gasteiger partial charge in [0, 0.05) is 12.2 Å². The zero-order valence-electron chi connectivity index (χ0n) is 15.5. The molecule has 4 aliphatic carbocycles. The largest absolute Gasteiger partial charge is 0.367 e. The maximum Gasteiger partial charge on any atom is 0.139 e. The summed E-state index contributed by atoms with van der Waals surface area (Å²) in [4.78, 5) is 5.07. The van der Waals surface area contributed by atoms with Gasteiger partial charge in [-0.1, -0.05) is 45.3 Å². The smallest absolute Gasteiger partial charge is 0.139 e. The van der Waals surface area contributed by atoms with E-state index in [1.54, 1.807) is 0 Å². The van der Waals surface area contributed by atoms with Crippen molar-refractivity contribution in [3.63, 3.8) is 0 Å². The second-order valence-corrected chi connectivity index (χ2v) is 8.92. The van der Waals surface area contributed by atoms with E-state index in [1.807, 2.05) is 0 Å². The Balaban J connectivity index is 1.58. The van der Waals surface area contributed by atoms with Crippen molar-refractivity contribution in [2.45, 2.75) is 64.8 Å². The van der Waals surface area contributed by atoms with Gasteiger partial charge in [0.2, 0.25) is 0 Å². The number of rotatable bonds is 3. The number of anilines is 1. The van der Waals surface area contributed by atoms with Crippen molar-refractivity contribution in [3.05, 3.63) is 36.2 Å². The van der Waals surface area contributed by atoms with E-state index in [1.165, 1.54) is 62.0 Å². The lowest BCUT2D eigenvalue weighted by molar-refractivity contribution is 0.0111. The first-order chi connectivity index (χ1) is 12.1.